The van der Waals surface area contributed by atoms with Gasteiger partial charge in [0.15, 0.2) is 6.10 Å². The summed E-state index contributed by atoms with van der Waals surface area (Å²) in [6.45, 7) is 4.64. The van der Waals surface area contributed by atoms with Crippen molar-refractivity contribution in [3.8, 4) is 0 Å². The minimum atomic E-state index is -1.12. The van der Waals surface area contributed by atoms with Crippen LogP contribution in [0, 0.1) is 0 Å². The van der Waals surface area contributed by atoms with Crippen molar-refractivity contribution in [2.24, 2.45) is 0 Å². The van der Waals surface area contributed by atoms with E-state index in [0.29, 0.717) is 12.8 Å². The van der Waals surface area contributed by atoms with Gasteiger partial charge in [-0.25, -0.2) is 0 Å². The van der Waals surface area contributed by atoms with E-state index < -0.39 is 18.1 Å². The van der Waals surface area contributed by atoms with Crippen molar-refractivity contribution in [2.75, 3.05) is 41.0 Å². The number of quaternary nitrogens is 1. The zero-order valence-electron chi connectivity index (χ0n) is 34.0. The number of carboxylic acids is 1. The zero-order chi connectivity index (χ0) is 37.8. The van der Waals surface area contributed by atoms with Gasteiger partial charge in [0.25, 0.3) is 0 Å². The number of unbranched alkanes of at least 4 members (excludes halogenated alkanes) is 22. The molecule has 2 atom stereocenters. The van der Waals surface area contributed by atoms with Crippen molar-refractivity contribution >= 4 is 17.9 Å². The number of carbonyl (C=O) groups excluding carboxylic acids is 3. The van der Waals surface area contributed by atoms with Gasteiger partial charge in [0.05, 0.1) is 40.3 Å². The average Bonchev–Trinajstić information content (AvgIpc) is 3.08. The molecule has 0 aromatic rings. The number of ether oxygens (including phenoxy) is 3. The lowest BCUT2D eigenvalue weighted by molar-refractivity contribution is -0.889. The Balaban J connectivity index is 4.30. The molecule has 0 saturated carbocycles. The molecule has 0 aliphatic heterocycles. The molecule has 300 valence electrons. The van der Waals surface area contributed by atoms with Gasteiger partial charge in [-0.15, -0.1) is 0 Å². The van der Waals surface area contributed by atoms with E-state index in [9.17, 15) is 19.5 Å². The predicted octanol–water partition coefficient (Wildman–Crippen LogP) is 9.80. The molecule has 0 aromatic heterocycles. The molecule has 0 amide bonds. The largest absolute Gasteiger partial charge is 0.544 e. The predicted molar refractivity (Wildman–Crippen MR) is 208 cm³/mol. The summed E-state index contributed by atoms with van der Waals surface area (Å²) in [5.41, 5.74) is 0. The lowest BCUT2D eigenvalue weighted by Gasteiger charge is -2.34. The maximum atomic E-state index is 12.7. The first-order valence-electron chi connectivity index (χ1n) is 21.2. The van der Waals surface area contributed by atoms with Crippen LogP contribution in [0.3, 0.4) is 0 Å². The second kappa shape index (κ2) is 35.1. The van der Waals surface area contributed by atoms with Crippen molar-refractivity contribution < 1.29 is 38.2 Å². The Kier molecular flexibility index (Phi) is 33.8. The van der Waals surface area contributed by atoms with E-state index >= 15 is 0 Å². The molecule has 0 aliphatic rings. The molecule has 51 heavy (non-hydrogen) atoms. The van der Waals surface area contributed by atoms with Gasteiger partial charge in [-0.1, -0.05) is 148 Å². The van der Waals surface area contributed by atoms with Gasteiger partial charge in [-0.05, 0) is 38.5 Å². The van der Waals surface area contributed by atoms with Gasteiger partial charge < -0.3 is 28.6 Å². The van der Waals surface area contributed by atoms with Crippen LogP contribution in [0.25, 0.3) is 0 Å². The van der Waals surface area contributed by atoms with Crippen LogP contribution in [0.5, 0.6) is 0 Å². The van der Waals surface area contributed by atoms with Crippen molar-refractivity contribution in [3.63, 3.8) is 0 Å². The number of carbonyl (C=O) groups is 3. The first kappa shape index (κ1) is 49.1. The molecule has 0 saturated heterocycles. The monoisotopic (exact) mass is 724 g/mol. The van der Waals surface area contributed by atoms with E-state index in [4.69, 9.17) is 14.2 Å². The second-order valence-electron chi connectivity index (χ2n) is 15.6. The van der Waals surface area contributed by atoms with E-state index in [1.165, 1.54) is 122 Å². The van der Waals surface area contributed by atoms with Gasteiger partial charge in [0.1, 0.15) is 12.6 Å². The fourth-order valence-electron chi connectivity index (χ4n) is 6.30. The summed E-state index contributed by atoms with van der Waals surface area (Å²) in [5, 5.41) is 11.6. The molecular weight excluding hydrogens is 642 g/mol. The second-order valence-corrected chi connectivity index (χ2v) is 15.6. The fourth-order valence-corrected chi connectivity index (χ4v) is 6.30. The molecule has 0 spiro atoms. The van der Waals surface area contributed by atoms with Gasteiger partial charge in [0, 0.05) is 19.3 Å². The third kappa shape index (κ3) is 33.6. The first-order valence-corrected chi connectivity index (χ1v) is 21.2. The number of nitrogens with zero attached hydrogens (tertiary/aromatic N) is 1. The molecule has 0 heterocycles. The van der Waals surface area contributed by atoms with Gasteiger partial charge in [-0.2, -0.15) is 0 Å². The number of aliphatic carboxylic acids is 1. The highest BCUT2D eigenvalue weighted by Gasteiger charge is 2.25. The molecule has 0 fully saturated rings. The summed E-state index contributed by atoms with van der Waals surface area (Å²) < 4.78 is 17.1. The van der Waals surface area contributed by atoms with Crippen LogP contribution in [0.1, 0.15) is 194 Å². The highest BCUT2D eigenvalue weighted by atomic mass is 16.6. The Morgan fingerprint density at radius 3 is 1.41 bits per heavy atom. The molecule has 0 bridgehead atoms. The van der Waals surface area contributed by atoms with Gasteiger partial charge >= 0.3 is 11.9 Å². The number of hydrogen-bond donors (Lipinski definition) is 0. The van der Waals surface area contributed by atoms with E-state index in [0.717, 1.165) is 38.5 Å². The van der Waals surface area contributed by atoms with E-state index in [-0.39, 0.29) is 42.7 Å². The highest BCUT2D eigenvalue weighted by molar-refractivity contribution is 5.70. The minimum absolute atomic E-state index is 0.0439. The number of likely N-dealkylation sites (N-methyl/N-ethyl adjacent to an activating group) is 1. The number of allylic oxidation sites excluding steroid dienone is 2. The summed E-state index contributed by atoms with van der Waals surface area (Å²) in [4.78, 5) is 36.7. The third-order valence-corrected chi connectivity index (χ3v) is 9.65. The molecule has 0 aromatic carbocycles. The molecule has 8 nitrogen and oxygen atoms in total. The van der Waals surface area contributed by atoms with E-state index in [1.807, 2.05) is 0 Å². The van der Waals surface area contributed by atoms with Crippen molar-refractivity contribution in [2.45, 2.75) is 206 Å². The maximum Gasteiger partial charge on any atom is 0.306 e. The lowest BCUT2D eigenvalue weighted by Crippen LogP contribution is -2.55. The minimum Gasteiger partial charge on any atom is -0.544 e. The zero-order valence-corrected chi connectivity index (χ0v) is 34.0. The molecule has 0 radical (unpaired) electrons. The molecule has 0 N–H and O–H groups in total. The third-order valence-electron chi connectivity index (χ3n) is 9.65. The number of rotatable bonds is 38. The van der Waals surface area contributed by atoms with E-state index in [2.05, 4.69) is 26.0 Å². The van der Waals surface area contributed by atoms with Crippen LogP contribution in [0.15, 0.2) is 12.2 Å². The van der Waals surface area contributed by atoms with Crippen molar-refractivity contribution in [1.82, 2.24) is 0 Å². The van der Waals surface area contributed by atoms with Crippen LogP contribution < -0.4 is 5.11 Å². The molecule has 0 rings (SSSR count). The quantitative estimate of drug-likeness (QED) is 0.0271. The average molecular weight is 724 g/mol. The normalized spacial score (nSPS) is 13.0. The molecule has 0 aliphatic carbocycles. The Hall–Kier alpha value is -1.93. The van der Waals surface area contributed by atoms with Crippen molar-refractivity contribution in [1.29, 1.82) is 0 Å². The standard InChI is InChI=1S/C43H81NO7/c1-6-8-10-12-14-16-17-18-19-20-21-22-23-24-26-28-30-32-34-42(46)51-39(37-49-36-35-40(43(47)48)44(3,4)5)38-50-41(45)33-31-29-27-25-15-13-11-9-7-2/h19-20,39-40H,6-18,21-38H2,1-5H3/b20-19-. The lowest BCUT2D eigenvalue weighted by atomic mass is 10.1. The Labute approximate surface area is 314 Å². The summed E-state index contributed by atoms with van der Waals surface area (Å²) in [6.07, 6.45) is 35.2. The molecule has 2 unspecified atom stereocenters. The maximum absolute atomic E-state index is 12.7. The first-order chi connectivity index (χ1) is 24.6. The van der Waals surface area contributed by atoms with E-state index in [1.54, 1.807) is 21.1 Å². The van der Waals surface area contributed by atoms with Crippen molar-refractivity contribution in [3.05, 3.63) is 12.2 Å². The summed E-state index contributed by atoms with van der Waals surface area (Å²) in [5.74, 6) is -1.73. The summed E-state index contributed by atoms with van der Waals surface area (Å²) in [6, 6.07) is -0.721. The Morgan fingerprint density at radius 1 is 0.569 bits per heavy atom. The number of esters is 2. The van der Waals surface area contributed by atoms with Crippen LogP contribution in [-0.2, 0) is 28.6 Å². The van der Waals surface area contributed by atoms with Gasteiger partial charge in [-0.3, -0.25) is 9.59 Å². The number of hydrogen-bond acceptors (Lipinski definition) is 7. The summed E-state index contributed by atoms with van der Waals surface area (Å²) in [7, 11) is 5.40. The summed E-state index contributed by atoms with van der Waals surface area (Å²) >= 11 is 0. The molecular formula is C43H81NO7. The van der Waals surface area contributed by atoms with Crippen LogP contribution >= 0.6 is 0 Å². The van der Waals surface area contributed by atoms with Crippen LogP contribution in [0.2, 0.25) is 0 Å². The Morgan fingerprint density at radius 2 is 0.980 bits per heavy atom. The van der Waals surface area contributed by atoms with Crippen LogP contribution in [-0.4, -0.2) is 75.5 Å². The highest BCUT2D eigenvalue weighted by Crippen LogP contribution is 2.14. The number of carboxylic acid groups (broad SMARTS) is 1. The SMILES string of the molecule is CCCCCCCCC/C=C\CCCCCCCCCC(=O)OC(COCCC(C(=O)[O-])[N+](C)(C)C)COC(=O)CCCCCCCCCCC. The fraction of sp³-hybridized carbons (Fsp3) is 0.884. The molecule has 8 heteroatoms. The smallest absolute Gasteiger partial charge is 0.306 e. The Bertz CT molecular complexity index is 854. The van der Waals surface area contributed by atoms with Gasteiger partial charge in [0.2, 0.25) is 0 Å². The topological polar surface area (TPSA) is 102 Å². The van der Waals surface area contributed by atoms with Crippen LogP contribution in [0.4, 0.5) is 0 Å².